The summed E-state index contributed by atoms with van der Waals surface area (Å²) in [7, 11) is 0. The fraction of sp³-hybridized carbons (Fsp3) is 0.483. The molecule has 0 fully saturated rings. The Morgan fingerprint density at radius 2 is 1.52 bits per heavy atom. The van der Waals surface area contributed by atoms with Crippen LogP contribution in [0.5, 0.6) is 5.75 Å². The first-order chi connectivity index (χ1) is 15.3. The van der Waals surface area contributed by atoms with Crippen molar-refractivity contribution in [2.24, 2.45) is 0 Å². The second-order valence-corrected chi connectivity index (χ2v) is 8.72. The standard InChI is InChI=1S/C29H40NO/c1-3-5-7-13-25-17-18-29(27(23-25)15-8-6-4-2)31-22-12-11-20-30-21-19-26-14-9-10-16-28(26)24-30/h9-10,14,16-19,21,23-24H,3-8,11-13,15,20,22H2,1-2H3/q+1. The van der Waals surface area contributed by atoms with Gasteiger partial charge in [-0.15, -0.1) is 0 Å². The van der Waals surface area contributed by atoms with Gasteiger partial charge in [0.15, 0.2) is 12.4 Å². The summed E-state index contributed by atoms with van der Waals surface area (Å²) in [5.74, 6) is 1.11. The lowest BCUT2D eigenvalue weighted by molar-refractivity contribution is -0.696. The van der Waals surface area contributed by atoms with E-state index in [1.54, 1.807) is 0 Å². The van der Waals surface area contributed by atoms with Gasteiger partial charge in [-0.25, -0.2) is 4.57 Å². The van der Waals surface area contributed by atoms with Crippen LogP contribution in [0.1, 0.15) is 76.3 Å². The molecular weight excluding hydrogens is 378 g/mol. The van der Waals surface area contributed by atoms with E-state index in [0.29, 0.717) is 0 Å². The van der Waals surface area contributed by atoms with Crippen LogP contribution >= 0.6 is 0 Å². The van der Waals surface area contributed by atoms with Crippen molar-refractivity contribution in [1.29, 1.82) is 0 Å². The minimum absolute atomic E-state index is 0.796. The molecule has 2 aromatic carbocycles. The van der Waals surface area contributed by atoms with Crippen LogP contribution in [0.2, 0.25) is 0 Å². The number of aromatic nitrogens is 1. The van der Waals surface area contributed by atoms with Crippen molar-refractivity contribution in [2.75, 3.05) is 6.61 Å². The molecule has 0 bridgehead atoms. The molecular formula is C29H40NO+. The van der Waals surface area contributed by atoms with Crippen molar-refractivity contribution < 1.29 is 9.30 Å². The number of hydrogen-bond donors (Lipinski definition) is 0. The van der Waals surface area contributed by atoms with Crippen LogP contribution in [0.3, 0.4) is 0 Å². The molecule has 3 aromatic rings. The van der Waals surface area contributed by atoms with Gasteiger partial charge in [-0.3, -0.25) is 0 Å². The Morgan fingerprint density at radius 3 is 2.32 bits per heavy atom. The maximum absolute atomic E-state index is 6.25. The third-order valence-electron chi connectivity index (χ3n) is 6.06. The summed E-state index contributed by atoms with van der Waals surface area (Å²) in [4.78, 5) is 0. The molecule has 2 nitrogen and oxygen atoms in total. The summed E-state index contributed by atoms with van der Waals surface area (Å²) in [6.07, 6.45) is 16.7. The molecule has 0 spiro atoms. The zero-order chi connectivity index (χ0) is 21.7. The molecule has 0 saturated heterocycles. The molecule has 0 saturated carbocycles. The monoisotopic (exact) mass is 418 g/mol. The normalized spacial score (nSPS) is 11.2. The summed E-state index contributed by atoms with van der Waals surface area (Å²) in [5, 5.41) is 2.60. The first-order valence-electron chi connectivity index (χ1n) is 12.4. The van der Waals surface area contributed by atoms with Gasteiger partial charge >= 0.3 is 0 Å². The molecule has 0 amide bonds. The molecule has 0 aliphatic carbocycles. The Morgan fingerprint density at radius 1 is 0.742 bits per heavy atom. The van der Waals surface area contributed by atoms with Gasteiger partial charge in [-0.2, -0.15) is 0 Å². The van der Waals surface area contributed by atoms with E-state index in [1.807, 2.05) is 0 Å². The fourth-order valence-corrected chi connectivity index (χ4v) is 4.16. The summed E-state index contributed by atoms with van der Waals surface area (Å²) in [6, 6.07) is 17.7. The molecule has 0 aliphatic rings. The van der Waals surface area contributed by atoms with Gasteiger partial charge in [-0.05, 0) is 60.7 Å². The Bertz CT molecular complexity index is 918. The Labute approximate surface area is 189 Å². The van der Waals surface area contributed by atoms with E-state index in [2.05, 4.69) is 79.3 Å². The number of rotatable bonds is 14. The van der Waals surface area contributed by atoms with Gasteiger partial charge in [0.1, 0.15) is 12.3 Å². The fourth-order valence-electron chi connectivity index (χ4n) is 4.16. The molecule has 0 radical (unpaired) electrons. The van der Waals surface area contributed by atoms with E-state index in [4.69, 9.17) is 4.74 Å². The number of ether oxygens (including phenoxy) is 1. The second-order valence-electron chi connectivity index (χ2n) is 8.72. The maximum atomic E-state index is 6.25. The molecule has 0 atom stereocenters. The number of unbranched alkanes of at least 4 members (excludes halogenated alkanes) is 5. The lowest BCUT2D eigenvalue weighted by atomic mass is 10.00. The van der Waals surface area contributed by atoms with Crippen LogP contribution in [0.15, 0.2) is 60.9 Å². The SMILES string of the molecule is CCCCCc1ccc(OCCCC[n+]2ccc3ccccc3c2)c(CCCCC)c1. The molecule has 3 rings (SSSR count). The summed E-state index contributed by atoms with van der Waals surface area (Å²) < 4.78 is 8.54. The topological polar surface area (TPSA) is 13.1 Å². The van der Waals surface area contributed by atoms with Crippen molar-refractivity contribution in [1.82, 2.24) is 0 Å². The number of benzene rings is 2. The smallest absolute Gasteiger partial charge is 0.176 e. The van der Waals surface area contributed by atoms with Crippen molar-refractivity contribution in [3.05, 3.63) is 72.1 Å². The minimum Gasteiger partial charge on any atom is -0.493 e. The van der Waals surface area contributed by atoms with Crippen molar-refractivity contribution in [3.8, 4) is 5.75 Å². The molecule has 1 aromatic heterocycles. The average molecular weight is 419 g/mol. The summed E-state index contributed by atoms with van der Waals surface area (Å²) >= 11 is 0. The highest BCUT2D eigenvalue weighted by Gasteiger charge is 2.07. The minimum atomic E-state index is 0.796. The van der Waals surface area contributed by atoms with E-state index in [1.165, 1.54) is 66.8 Å². The predicted molar refractivity (Wildman–Crippen MR) is 132 cm³/mol. The highest BCUT2D eigenvalue weighted by atomic mass is 16.5. The van der Waals surface area contributed by atoms with Gasteiger partial charge in [0.2, 0.25) is 0 Å². The maximum Gasteiger partial charge on any atom is 0.176 e. The average Bonchev–Trinajstić information content (AvgIpc) is 2.80. The van der Waals surface area contributed by atoms with E-state index in [9.17, 15) is 0 Å². The van der Waals surface area contributed by atoms with Gasteiger partial charge in [0.05, 0.1) is 6.61 Å². The van der Waals surface area contributed by atoms with Gasteiger partial charge in [0, 0.05) is 17.9 Å². The first kappa shape index (κ1) is 23.3. The largest absolute Gasteiger partial charge is 0.493 e. The second kappa shape index (κ2) is 13.1. The Hall–Kier alpha value is -2.35. The van der Waals surface area contributed by atoms with Crippen LogP contribution in [0.4, 0.5) is 0 Å². The van der Waals surface area contributed by atoms with E-state index < -0.39 is 0 Å². The van der Waals surface area contributed by atoms with Crippen LogP contribution < -0.4 is 9.30 Å². The lowest BCUT2D eigenvalue weighted by Crippen LogP contribution is -2.32. The third-order valence-corrected chi connectivity index (χ3v) is 6.06. The number of pyridine rings is 1. The van der Waals surface area contributed by atoms with Gasteiger partial charge in [0.25, 0.3) is 0 Å². The highest BCUT2D eigenvalue weighted by Crippen LogP contribution is 2.24. The first-order valence-corrected chi connectivity index (χ1v) is 12.4. The van der Waals surface area contributed by atoms with E-state index in [-0.39, 0.29) is 0 Å². The molecule has 2 heteroatoms. The third kappa shape index (κ3) is 7.69. The van der Waals surface area contributed by atoms with E-state index in [0.717, 1.165) is 38.2 Å². The van der Waals surface area contributed by atoms with Crippen LogP contribution in [-0.4, -0.2) is 6.61 Å². The summed E-state index contributed by atoms with van der Waals surface area (Å²) in [6.45, 7) is 6.37. The van der Waals surface area contributed by atoms with Crippen LogP contribution in [0.25, 0.3) is 10.8 Å². The number of fused-ring (bicyclic) bond motifs is 1. The molecule has 0 N–H and O–H groups in total. The van der Waals surface area contributed by atoms with Crippen molar-refractivity contribution in [2.45, 2.75) is 84.6 Å². The highest BCUT2D eigenvalue weighted by molar-refractivity contribution is 5.80. The summed E-state index contributed by atoms with van der Waals surface area (Å²) in [5.41, 5.74) is 2.88. The van der Waals surface area contributed by atoms with Gasteiger partial charge in [-0.1, -0.05) is 69.9 Å². The molecule has 1 heterocycles. The predicted octanol–water partition coefficient (Wildman–Crippen LogP) is 7.45. The van der Waals surface area contributed by atoms with E-state index >= 15 is 0 Å². The van der Waals surface area contributed by atoms with Gasteiger partial charge < -0.3 is 4.74 Å². The molecule has 31 heavy (non-hydrogen) atoms. The van der Waals surface area contributed by atoms with Crippen molar-refractivity contribution in [3.63, 3.8) is 0 Å². The number of aryl methyl sites for hydroxylation is 3. The Balaban J connectivity index is 1.49. The van der Waals surface area contributed by atoms with Crippen molar-refractivity contribution >= 4 is 10.8 Å². The zero-order valence-corrected chi connectivity index (χ0v) is 19.6. The zero-order valence-electron chi connectivity index (χ0n) is 19.6. The number of hydrogen-bond acceptors (Lipinski definition) is 1. The lowest BCUT2D eigenvalue weighted by Gasteiger charge is -2.13. The van der Waals surface area contributed by atoms with Crippen LogP contribution in [0, 0.1) is 0 Å². The molecule has 166 valence electrons. The quantitative estimate of drug-likeness (QED) is 0.196. The molecule has 0 aliphatic heterocycles. The molecule has 0 unspecified atom stereocenters. The van der Waals surface area contributed by atoms with Crippen LogP contribution in [-0.2, 0) is 19.4 Å². The number of nitrogens with zero attached hydrogens (tertiary/aromatic N) is 1. The Kier molecular flexibility index (Phi) is 9.89.